The number of anilines is 1. The summed E-state index contributed by atoms with van der Waals surface area (Å²) in [7, 11) is 3.16. The van der Waals surface area contributed by atoms with Gasteiger partial charge in [-0.05, 0) is 17.1 Å². The summed E-state index contributed by atoms with van der Waals surface area (Å²) in [6, 6.07) is 9.43. The van der Waals surface area contributed by atoms with Gasteiger partial charge in [0.2, 0.25) is 0 Å². The number of hydrogen-bond donors (Lipinski definition) is 1. The minimum Gasteiger partial charge on any atom is -0.396 e. The highest BCUT2D eigenvalue weighted by molar-refractivity contribution is 6.23. The van der Waals surface area contributed by atoms with Crippen molar-refractivity contribution in [2.45, 2.75) is 12.5 Å². The van der Waals surface area contributed by atoms with Crippen molar-refractivity contribution in [2.75, 3.05) is 64.9 Å². The molecule has 0 saturated carbocycles. The van der Waals surface area contributed by atoms with E-state index in [4.69, 9.17) is 4.99 Å². The van der Waals surface area contributed by atoms with Crippen molar-refractivity contribution in [3.8, 4) is 0 Å². The van der Waals surface area contributed by atoms with Crippen LogP contribution in [0.15, 0.2) is 35.3 Å². The molecule has 30 heavy (non-hydrogen) atoms. The van der Waals surface area contributed by atoms with Gasteiger partial charge in [-0.3, -0.25) is 19.5 Å². The van der Waals surface area contributed by atoms with Gasteiger partial charge in [0.1, 0.15) is 6.54 Å². The van der Waals surface area contributed by atoms with Crippen molar-refractivity contribution in [3.63, 3.8) is 0 Å². The predicted octanol–water partition coefficient (Wildman–Crippen LogP) is -0.0935. The van der Waals surface area contributed by atoms with Gasteiger partial charge in [-0.25, -0.2) is 9.37 Å². The van der Waals surface area contributed by atoms with Gasteiger partial charge < -0.3 is 10.0 Å². The van der Waals surface area contributed by atoms with Gasteiger partial charge in [-0.2, -0.15) is 0 Å². The lowest BCUT2D eigenvalue weighted by molar-refractivity contribution is -0.537. The Bertz CT molecular complexity index is 876. The number of rotatable bonds is 6. The van der Waals surface area contributed by atoms with Crippen LogP contribution in [0.2, 0.25) is 0 Å². The van der Waals surface area contributed by atoms with Gasteiger partial charge in [-0.15, -0.1) is 0 Å². The van der Waals surface area contributed by atoms with Crippen molar-refractivity contribution in [1.82, 2.24) is 14.7 Å². The number of aliphatic hydroxyl groups is 1. The second kappa shape index (κ2) is 8.53. The number of urea groups is 1. The van der Waals surface area contributed by atoms with Crippen LogP contribution < -0.4 is 4.90 Å². The summed E-state index contributed by atoms with van der Waals surface area (Å²) in [6.07, 6.45) is 0.541. The van der Waals surface area contributed by atoms with Gasteiger partial charge in [0, 0.05) is 59.0 Å². The van der Waals surface area contributed by atoms with E-state index in [-0.39, 0.29) is 18.5 Å². The first-order chi connectivity index (χ1) is 14.5. The van der Waals surface area contributed by atoms with Crippen LogP contribution in [-0.4, -0.2) is 114 Å². The maximum Gasteiger partial charge on any atom is 0.333 e. The first-order valence-corrected chi connectivity index (χ1v) is 10.4. The normalized spacial score (nSPS) is 22.7. The van der Waals surface area contributed by atoms with Crippen LogP contribution >= 0.6 is 0 Å². The highest BCUT2D eigenvalue weighted by atomic mass is 16.3. The van der Waals surface area contributed by atoms with E-state index in [9.17, 15) is 14.7 Å². The molecule has 1 aromatic carbocycles. The van der Waals surface area contributed by atoms with Gasteiger partial charge >= 0.3 is 11.9 Å². The number of aliphatic imine (C=N–C) groups is 1. The third kappa shape index (κ3) is 3.70. The number of fused-ring (bicyclic) bond motifs is 1. The second-order valence-electron chi connectivity index (χ2n) is 7.90. The van der Waals surface area contributed by atoms with Crippen molar-refractivity contribution >= 4 is 29.3 Å². The molecular formula is C21H29N6O3+. The molecule has 0 aliphatic carbocycles. The molecule has 0 aromatic heterocycles. The van der Waals surface area contributed by atoms with Crippen LogP contribution in [0, 0.1) is 0 Å². The Morgan fingerprint density at radius 3 is 2.43 bits per heavy atom. The standard InChI is InChI=1S/C21H29N6O3/c1-23-19-18(20(29)24(2)21(23)30)27(9-6-14-28)17(22-19)15-25-10-12-26(13-11-25)16-7-4-3-5-8-16/h3-5,7-8,18,28H,6,9-15H2,1-2H3/q+1. The van der Waals surface area contributed by atoms with Gasteiger partial charge in [-0.1, -0.05) is 18.2 Å². The van der Waals surface area contributed by atoms with Crippen molar-refractivity contribution in [2.24, 2.45) is 4.99 Å². The zero-order valence-electron chi connectivity index (χ0n) is 17.6. The molecule has 4 rings (SSSR count). The Morgan fingerprint density at radius 2 is 1.77 bits per heavy atom. The SMILES string of the molecule is CN1C(=O)C2C(=NC(CN3CCN(c4ccccc4)CC3)=[N+]2CCCO)N(C)C1=O. The molecule has 3 amide bonds. The maximum atomic E-state index is 12.8. The average Bonchev–Trinajstić information content (AvgIpc) is 3.14. The summed E-state index contributed by atoms with van der Waals surface area (Å²) < 4.78 is 1.96. The minimum atomic E-state index is -0.593. The van der Waals surface area contributed by atoms with Crippen LogP contribution in [0.1, 0.15) is 6.42 Å². The van der Waals surface area contributed by atoms with E-state index in [2.05, 4.69) is 34.1 Å². The molecule has 0 spiro atoms. The molecule has 9 nitrogen and oxygen atoms in total. The number of hydrogen-bond acceptors (Lipinski definition) is 6. The Morgan fingerprint density at radius 1 is 1.07 bits per heavy atom. The molecule has 1 N–H and O–H groups in total. The summed E-state index contributed by atoms with van der Waals surface area (Å²) in [5.74, 6) is 1.01. The zero-order chi connectivity index (χ0) is 21.3. The Hall–Kier alpha value is -2.78. The number of piperazine rings is 1. The number of likely N-dealkylation sites (N-methyl/N-ethyl adjacent to an activating group) is 2. The van der Waals surface area contributed by atoms with Crippen molar-refractivity contribution in [3.05, 3.63) is 30.3 Å². The molecule has 9 heteroatoms. The van der Waals surface area contributed by atoms with Gasteiger partial charge in [0.25, 0.3) is 17.8 Å². The number of imide groups is 1. The number of para-hydroxylation sites is 1. The summed E-state index contributed by atoms with van der Waals surface area (Å²) in [6.45, 7) is 4.82. The fourth-order valence-corrected chi connectivity index (χ4v) is 4.28. The topological polar surface area (TPSA) is 82.7 Å². The number of amidine groups is 2. The van der Waals surface area contributed by atoms with E-state index in [0.717, 1.165) is 36.9 Å². The third-order valence-electron chi connectivity index (χ3n) is 6.03. The molecule has 160 valence electrons. The highest BCUT2D eigenvalue weighted by Gasteiger charge is 2.52. The van der Waals surface area contributed by atoms with Crippen LogP contribution in [0.3, 0.4) is 0 Å². The first kappa shape index (κ1) is 20.5. The summed E-state index contributed by atoms with van der Waals surface area (Å²) in [5.41, 5.74) is 1.23. The third-order valence-corrected chi connectivity index (χ3v) is 6.03. The van der Waals surface area contributed by atoms with Crippen LogP contribution in [0.4, 0.5) is 10.5 Å². The Labute approximate surface area is 176 Å². The number of carbonyl (C=O) groups is 2. The summed E-state index contributed by atoms with van der Waals surface area (Å²) in [5, 5.41) is 9.33. The molecule has 0 radical (unpaired) electrons. The lowest BCUT2D eigenvalue weighted by atomic mass is 10.1. The molecule has 1 atom stereocenters. The number of aliphatic hydroxyl groups excluding tert-OH is 1. The van der Waals surface area contributed by atoms with Gasteiger partial charge in [0.15, 0.2) is 0 Å². The first-order valence-electron chi connectivity index (χ1n) is 10.4. The molecule has 2 fully saturated rings. The quantitative estimate of drug-likeness (QED) is 0.659. The molecule has 3 aliphatic rings. The van der Waals surface area contributed by atoms with E-state index in [0.29, 0.717) is 25.3 Å². The van der Waals surface area contributed by atoms with E-state index < -0.39 is 6.04 Å². The van der Waals surface area contributed by atoms with Crippen LogP contribution in [-0.2, 0) is 4.79 Å². The second-order valence-corrected chi connectivity index (χ2v) is 7.90. The Balaban J connectivity index is 1.50. The van der Waals surface area contributed by atoms with E-state index in [1.54, 1.807) is 7.05 Å². The molecule has 3 heterocycles. The molecule has 2 saturated heterocycles. The van der Waals surface area contributed by atoms with Gasteiger partial charge in [0.05, 0.1) is 6.54 Å². The Kier molecular flexibility index (Phi) is 5.83. The highest BCUT2D eigenvalue weighted by Crippen LogP contribution is 2.20. The maximum absolute atomic E-state index is 12.8. The minimum absolute atomic E-state index is 0.0420. The lowest BCUT2D eigenvalue weighted by Crippen LogP contribution is -2.61. The molecule has 0 bridgehead atoms. The van der Waals surface area contributed by atoms with Crippen molar-refractivity contribution in [1.29, 1.82) is 0 Å². The number of carbonyl (C=O) groups excluding carboxylic acids is 2. The number of amides is 3. The van der Waals surface area contributed by atoms with E-state index >= 15 is 0 Å². The zero-order valence-corrected chi connectivity index (χ0v) is 17.6. The summed E-state index contributed by atoms with van der Waals surface area (Å²) in [4.78, 5) is 37.2. The molecule has 3 aliphatic heterocycles. The lowest BCUT2D eigenvalue weighted by Gasteiger charge is -2.35. The van der Waals surface area contributed by atoms with Crippen molar-refractivity contribution < 1.29 is 19.3 Å². The molecular weight excluding hydrogens is 384 g/mol. The van der Waals surface area contributed by atoms with Crippen LogP contribution in [0.25, 0.3) is 0 Å². The van der Waals surface area contributed by atoms with E-state index in [1.807, 2.05) is 10.6 Å². The predicted molar refractivity (Wildman–Crippen MR) is 114 cm³/mol. The summed E-state index contributed by atoms with van der Waals surface area (Å²) >= 11 is 0. The monoisotopic (exact) mass is 413 g/mol. The van der Waals surface area contributed by atoms with E-state index in [1.165, 1.54) is 17.6 Å². The molecule has 1 unspecified atom stereocenters. The average molecular weight is 414 g/mol. The smallest absolute Gasteiger partial charge is 0.333 e. The number of benzene rings is 1. The fraction of sp³-hybridized carbons (Fsp3) is 0.524. The number of nitrogens with zero attached hydrogens (tertiary/aromatic N) is 6. The van der Waals surface area contributed by atoms with Crippen LogP contribution in [0.5, 0.6) is 0 Å². The molecule has 1 aromatic rings. The largest absolute Gasteiger partial charge is 0.396 e. The fourth-order valence-electron chi connectivity index (χ4n) is 4.28.